The van der Waals surface area contributed by atoms with E-state index in [0.29, 0.717) is 36.3 Å². The highest BCUT2D eigenvalue weighted by atomic mass is 19.4. The number of benzene rings is 3. The van der Waals surface area contributed by atoms with Gasteiger partial charge in [0.1, 0.15) is 17.2 Å². The second-order valence-electron chi connectivity index (χ2n) is 12.7. The predicted molar refractivity (Wildman–Crippen MR) is 195 cm³/mol. The fourth-order valence-corrected chi connectivity index (χ4v) is 6.07. The molecule has 13 nitrogen and oxygen atoms in total. The molecule has 55 heavy (non-hydrogen) atoms. The molecule has 288 valence electrons. The number of hydrogen-bond acceptors (Lipinski definition) is 8. The van der Waals surface area contributed by atoms with Crippen LogP contribution in [-0.4, -0.2) is 86.6 Å². The molecular formula is C39H38F3N5O8. The summed E-state index contributed by atoms with van der Waals surface area (Å²) >= 11 is 0. The molecule has 0 saturated carbocycles. The summed E-state index contributed by atoms with van der Waals surface area (Å²) in [6, 6.07) is 23.0. The molecule has 16 heteroatoms. The number of carboxylic acids is 2. The molecule has 1 aliphatic heterocycles. The Bertz CT molecular complexity index is 2130. The van der Waals surface area contributed by atoms with Crippen LogP contribution in [0.3, 0.4) is 0 Å². The third-order valence-electron chi connectivity index (χ3n) is 9.07. The van der Waals surface area contributed by atoms with Gasteiger partial charge in [0.2, 0.25) is 5.88 Å². The first-order chi connectivity index (χ1) is 26.1. The number of anilines is 1. The number of piperidine rings is 1. The highest BCUT2D eigenvalue weighted by molar-refractivity contribution is 6.27. The van der Waals surface area contributed by atoms with Gasteiger partial charge in [-0.1, -0.05) is 12.1 Å². The van der Waals surface area contributed by atoms with Gasteiger partial charge < -0.3 is 34.5 Å². The molecule has 0 bridgehead atoms. The summed E-state index contributed by atoms with van der Waals surface area (Å²) in [6.45, 7) is 2.19. The van der Waals surface area contributed by atoms with E-state index in [2.05, 4.69) is 34.4 Å². The van der Waals surface area contributed by atoms with E-state index in [-0.39, 0.29) is 17.4 Å². The van der Waals surface area contributed by atoms with Crippen molar-refractivity contribution in [2.45, 2.75) is 31.6 Å². The Kier molecular flexibility index (Phi) is 12.4. The number of halogens is 3. The van der Waals surface area contributed by atoms with Crippen LogP contribution < -0.4 is 14.8 Å². The Morgan fingerprint density at radius 1 is 0.891 bits per heavy atom. The van der Waals surface area contributed by atoms with Crippen LogP contribution in [-0.2, 0) is 29.4 Å². The van der Waals surface area contributed by atoms with Crippen LogP contribution in [0.1, 0.15) is 44.8 Å². The number of methoxy groups -OCH3 is 1. The molecule has 2 amide bonds. The minimum absolute atomic E-state index is 0.00646. The third-order valence-corrected chi connectivity index (χ3v) is 9.07. The van der Waals surface area contributed by atoms with Crippen molar-refractivity contribution in [2.75, 3.05) is 32.6 Å². The van der Waals surface area contributed by atoms with E-state index in [1.54, 1.807) is 25.3 Å². The van der Waals surface area contributed by atoms with Crippen molar-refractivity contribution in [2.24, 2.45) is 7.05 Å². The maximum Gasteiger partial charge on any atom is 0.416 e. The number of carbonyl (C=O) groups excluding carboxylic acids is 2. The summed E-state index contributed by atoms with van der Waals surface area (Å²) in [7, 11) is 5.67. The van der Waals surface area contributed by atoms with E-state index in [4.69, 9.17) is 29.3 Å². The van der Waals surface area contributed by atoms with Crippen LogP contribution in [0.5, 0.6) is 17.4 Å². The molecule has 5 aromatic rings. The first-order valence-corrected chi connectivity index (χ1v) is 16.9. The third kappa shape index (κ3) is 10.2. The first-order valence-electron chi connectivity index (χ1n) is 16.9. The Balaban J connectivity index is 0.000000895. The molecule has 6 rings (SSSR count). The van der Waals surface area contributed by atoms with Gasteiger partial charge in [0.05, 0.1) is 24.6 Å². The number of aliphatic carboxylic acids is 2. The van der Waals surface area contributed by atoms with Gasteiger partial charge in [0.15, 0.2) is 0 Å². The summed E-state index contributed by atoms with van der Waals surface area (Å²) in [5.41, 5.74) is 2.32. The van der Waals surface area contributed by atoms with Gasteiger partial charge in [0, 0.05) is 55.3 Å². The second-order valence-corrected chi connectivity index (χ2v) is 12.7. The largest absolute Gasteiger partial charge is 0.497 e. The highest BCUT2D eigenvalue weighted by Crippen LogP contribution is 2.30. The molecule has 0 atom stereocenters. The minimum Gasteiger partial charge on any atom is -0.497 e. The number of amides is 2. The topological polar surface area (TPSA) is 164 Å². The van der Waals surface area contributed by atoms with E-state index < -0.39 is 29.6 Å². The predicted octanol–water partition coefficient (Wildman–Crippen LogP) is 6.54. The Morgan fingerprint density at radius 2 is 1.53 bits per heavy atom. The van der Waals surface area contributed by atoms with Gasteiger partial charge >= 0.3 is 18.1 Å². The zero-order chi connectivity index (χ0) is 39.9. The number of likely N-dealkylation sites (tertiary alicyclic amines) is 1. The number of alkyl halides is 3. The summed E-state index contributed by atoms with van der Waals surface area (Å²) in [6.07, 6.45) is -1.29. The Morgan fingerprint density at radius 3 is 2.09 bits per heavy atom. The van der Waals surface area contributed by atoms with E-state index in [1.165, 1.54) is 11.8 Å². The summed E-state index contributed by atoms with van der Waals surface area (Å²) in [5, 5.41) is 18.2. The molecule has 2 aromatic heterocycles. The summed E-state index contributed by atoms with van der Waals surface area (Å²) in [4.78, 5) is 52.8. The SMILES string of the molecule is COc1ccc(CN(C)C2CCN(C(=O)c3cc4cc(Oc5ccc(NC(=O)c6ccc(C(F)(F)F)cc6)cn5)ccc4n3C)CC2)cc1.O=C(O)C(=O)O. The van der Waals surface area contributed by atoms with Crippen molar-refractivity contribution in [3.8, 4) is 17.4 Å². The van der Waals surface area contributed by atoms with Gasteiger partial charge in [-0.3, -0.25) is 14.5 Å². The van der Waals surface area contributed by atoms with Crippen molar-refractivity contribution < 1.29 is 52.0 Å². The fraction of sp³-hybridized carbons (Fsp3) is 0.256. The van der Waals surface area contributed by atoms with Crippen LogP contribution in [0.2, 0.25) is 0 Å². The molecule has 1 fully saturated rings. The van der Waals surface area contributed by atoms with Gasteiger partial charge in [-0.15, -0.1) is 0 Å². The molecule has 3 heterocycles. The first kappa shape index (κ1) is 39.8. The molecule has 3 aromatic carbocycles. The van der Waals surface area contributed by atoms with Crippen molar-refractivity contribution in [1.29, 1.82) is 0 Å². The lowest BCUT2D eigenvalue weighted by molar-refractivity contribution is -0.159. The van der Waals surface area contributed by atoms with Crippen LogP contribution in [0.4, 0.5) is 18.9 Å². The molecule has 0 radical (unpaired) electrons. The second kappa shape index (κ2) is 17.2. The van der Waals surface area contributed by atoms with Crippen molar-refractivity contribution in [3.63, 3.8) is 0 Å². The summed E-state index contributed by atoms with van der Waals surface area (Å²) < 4.78 is 51.5. The van der Waals surface area contributed by atoms with Crippen molar-refractivity contribution >= 4 is 40.3 Å². The van der Waals surface area contributed by atoms with Gasteiger partial charge in [-0.05, 0) is 92.2 Å². The van der Waals surface area contributed by atoms with Gasteiger partial charge in [-0.25, -0.2) is 14.6 Å². The monoisotopic (exact) mass is 761 g/mol. The summed E-state index contributed by atoms with van der Waals surface area (Å²) in [5.74, 6) is -2.58. The quantitative estimate of drug-likeness (QED) is 0.141. The van der Waals surface area contributed by atoms with E-state index in [9.17, 15) is 22.8 Å². The number of ether oxygens (including phenoxy) is 2. The molecule has 0 aliphatic carbocycles. The number of nitrogens with one attached hydrogen (secondary N) is 1. The van der Waals surface area contributed by atoms with Crippen molar-refractivity contribution in [1.82, 2.24) is 19.4 Å². The molecule has 1 aliphatic rings. The highest BCUT2D eigenvalue weighted by Gasteiger charge is 2.30. The average molecular weight is 762 g/mol. The maximum absolute atomic E-state index is 13.6. The molecule has 1 saturated heterocycles. The lowest BCUT2D eigenvalue weighted by atomic mass is 10.0. The normalized spacial score (nSPS) is 13.2. The van der Waals surface area contributed by atoms with Gasteiger partial charge in [0.25, 0.3) is 11.8 Å². The van der Waals surface area contributed by atoms with Crippen LogP contribution >= 0.6 is 0 Å². The van der Waals surface area contributed by atoms with E-state index in [0.717, 1.165) is 60.3 Å². The number of aromatic nitrogens is 2. The van der Waals surface area contributed by atoms with E-state index in [1.807, 2.05) is 46.8 Å². The number of pyridine rings is 1. The number of fused-ring (bicyclic) bond motifs is 1. The van der Waals surface area contributed by atoms with E-state index >= 15 is 0 Å². The minimum atomic E-state index is -4.48. The Labute approximate surface area is 313 Å². The Hall–Kier alpha value is -6.42. The van der Waals surface area contributed by atoms with Crippen LogP contribution in [0.15, 0.2) is 91.1 Å². The maximum atomic E-state index is 13.6. The number of aryl methyl sites for hydroxylation is 1. The lowest BCUT2D eigenvalue weighted by Crippen LogP contribution is -2.45. The number of rotatable bonds is 9. The number of carboxylic acid groups (broad SMARTS) is 2. The zero-order valence-electron chi connectivity index (χ0n) is 30.0. The zero-order valence-corrected chi connectivity index (χ0v) is 30.0. The van der Waals surface area contributed by atoms with Gasteiger partial charge in [-0.2, -0.15) is 13.2 Å². The molecule has 0 spiro atoms. The van der Waals surface area contributed by atoms with Crippen LogP contribution in [0.25, 0.3) is 10.9 Å². The van der Waals surface area contributed by atoms with Crippen molar-refractivity contribution in [3.05, 3.63) is 114 Å². The average Bonchev–Trinajstić information content (AvgIpc) is 3.50. The standard InChI is InChI=1S/C37H36F3N5O4.C2H2O4/c1-43(23-24-4-11-30(48-3)12-5-24)29-16-18-45(19-17-29)36(47)33-21-26-20-31(13-14-32(26)44(33)2)49-34-15-10-28(22-41-34)42-35(46)25-6-8-27(9-7-25)37(38,39)40;3-1(4)2(5)6/h4-15,20-22,29H,16-19,23H2,1-3H3,(H,42,46);(H,3,4)(H,5,6). The molecule has 0 unspecified atom stereocenters. The number of nitrogens with zero attached hydrogens (tertiary/aromatic N) is 4. The number of carbonyl (C=O) groups is 4. The lowest BCUT2D eigenvalue weighted by Gasteiger charge is -2.37. The van der Waals surface area contributed by atoms with Crippen LogP contribution in [0, 0.1) is 0 Å². The number of hydrogen-bond donors (Lipinski definition) is 3. The smallest absolute Gasteiger partial charge is 0.416 e. The molecular weight excluding hydrogens is 723 g/mol. The molecule has 3 N–H and O–H groups in total. The fourth-order valence-electron chi connectivity index (χ4n) is 6.07.